The molecule has 1 fully saturated rings. The lowest BCUT2D eigenvalue weighted by Crippen LogP contribution is -2.01. The molecule has 0 aromatic heterocycles. The summed E-state index contributed by atoms with van der Waals surface area (Å²) in [5.74, 6) is 0. The van der Waals surface area contributed by atoms with Gasteiger partial charge in [0, 0.05) is 6.61 Å². The third kappa shape index (κ3) is 3.77. The number of allylic oxidation sites excluding steroid dienone is 1. The smallest absolute Gasteiger partial charge is 0.0978 e. The van der Waals surface area contributed by atoms with Gasteiger partial charge in [-0.15, -0.1) is 0 Å². The van der Waals surface area contributed by atoms with Crippen LogP contribution in [0.4, 0.5) is 0 Å². The maximum Gasteiger partial charge on any atom is 0.0978 e. The van der Waals surface area contributed by atoms with Crippen molar-refractivity contribution in [3.8, 4) is 0 Å². The average Bonchev–Trinajstić information content (AvgIpc) is 2.57. The Morgan fingerprint density at radius 3 is 2.75 bits per heavy atom. The van der Waals surface area contributed by atoms with Gasteiger partial charge in [-0.25, -0.2) is 0 Å². The molecule has 0 amide bonds. The molecule has 0 atom stereocenters. The van der Waals surface area contributed by atoms with Crippen molar-refractivity contribution < 1.29 is 9.84 Å². The van der Waals surface area contributed by atoms with Crippen LogP contribution in [0.25, 0.3) is 0 Å². The summed E-state index contributed by atoms with van der Waals surface area (Å²) in [6.45, 7) is 0.272. The van der Waals surface area contributed by atoms with Gasteiger partial charge in [0.2, 0.25) is 0 Å². The van der Waals surface area contributed by atoms with Crippen LogP contribution in [0.3, 0.4) is 0 Å². The first-order valence-electron chi connectivity index (χ1n) is 4.85. The topological polar surface area (TPSA) is 29.5 Å². The zero-order valence-corrected chi connectivity index (χ0v) is 7.54. The van der Waals surface area contributed by atoms with Crippen molar-refractivity contribution in [3.63, 3.8) is 0 Å². The van der Waals surface area contributed by atoms with E-state index in [1.165, 1.54) is 25.7 Å². The summed E-state index contributed by atoms with van der Waals surface area (Å²) in [5.41, 5.74) is 0. The molecule has 1 saturated carbocycles. The minimum Gasteiger partial charge on any atom is -0.498 e. The Hall–Kier alpha value is -0.500. The average molecular weight is 170 g/mol. The Morgan fingerprint density at radius 1 is 1.33 bits per heavy atom. The molecular formula is C10H18O2. The van der Waals surface area contributed by atoms with Gasteiger partial charge in [-0.05, 0) is 44.6 Å². The van der Waals surface area contributed by atoms with Crippen molar-refractivity contribution in [1.82, 2.24) is 0 Å². The molecule has 1 N–H and O–H groups in total. The summed E-state index contributed by atoms with van der Waals surface area (Å²) in [4.78, 5) is 0. The van der Waals surface area contributed by atoms with Crippen molar-refractivity contribution in [1.29, 1.82) is 0 Å². The largest absolute Gasteiger partial charge is 0.498 e. The molecule has 0 radical (unpaired) electrons. The van der Waals surface area contributed by atoms with Crippen LogP contribution >= 0.6 is 0 Å². The molecule has 70 valence electrons. The second-order valence-electron chi connectivity index (χ2n) is 3.28. The number of ether oxygens (including phenoxy) is 1. The predicted octanol–water partition coefficient (Wildman–Crippen LogP) is 2.23. The molecule has 1 aliphatic carbocycles. The maximum atomic E-state index is 8.50. The summed E-state index contributed by atoms with van der Waals surface area (Å²) in [7, 11) is 0. The van der Waals surface area contributed by atoms with Gasteiger partial charge in [-0.2, -0.15) is 0 Å². The number of rotatable bonds is 5. The lowest BCUT2D eigenvalue weighted by atomic mass is 10.3. The Balaban J connectivity index is 1.96. The van der Waals surface area contributed by atoms with Gasteiger partial charge in [0.25, 0.3) is 0 Å². The first kappa shape index (κ1) is 9.59. The third-order valence-corrected chi connectivity index (χ3v) is 2.20. The van der Waals surface area contributed by atoms with Crippen LogP contribution in [0, 0.1) is 0 Å². The van der Waals surface area contributed by atoms with Gasteiger partial charge in [0.05, 0.1) is 12.4 Å². The normalized spacial score (nSPS) is 19.1. The Labute approximate surface area is 74.2 Å². The minimum absolute atomic E-state index is 0.272. The second kappa shape index (κ2) is 6.06. The Bertz CT molecular complexity index is 126. The minimum atomic E-state index is 0.272. The van der Waals surface area contributed by atoms with E-state index in [4.69, 9.17) is 9.84 Å². The van der Waals surface area contributed by atoms with E-state index in [0.29, 0.717) is 6.10 Å². The zero-order valence-electron chi connectivity index (χ0n) is 7.54. The van der Waals surface area contributed by atoms with Crippen LogP contribution in [0.5, 0.6) is 0 Å². The summed E-state index contributed by atoms with van der Waals surface area (Å²) >= 11 is 0. The first-order chi connectivity index (χ1) is 5.93. The monoisotopic (exact) mass is 170 g/mol. The van der Waals surface area contributed by atoms with E-state index < -0.39 is 0 Å². The maximum absolute atomic E-state index is 8.50. The van der Waals surface area contributed by atoms with Crippen molar-refractivity contribution in [2.24, 2.45) is 0 Å². The van der Waals surface area contributed by atoms with Crippen molar-refractivity contribution in [3.05, 3.63) is 12.3 Å². The molecular weight excluding hydrogens is 152 g/mol. The number of aliphatic hydroxyl groups is 1. The standard InChI is InChI=1S/C10H18O2/c11-8-4-1-5-9-12-10-6-2-3-7-10/h5,9-11H,1-4,6-8H2/b9-5+. The highest BCUT2D eigenvalue weighted by Crippen LogP contribution is 2.20. The molecule has 0 bridgehead atoms. The SMILES string of the molecule is OCCC/C=C/OC1CCCC1. The molecule has 0 saturated heterocycles. The molecule has 0 spiro atoms. The molecule has 0 aromatic carbocycles. The molecule has 1 rings (SSSR count). The fourth-order valence-corrected chi connectivity index (χ4v) is 1.47. The quantitative estimate of drug-likeness (QED) is 0.506. The molecule has 0 aromatic rings. The van der Waals surface area contributed by atoms with E-state index in [9.17, 15) is 0 Å². The van der Waals surface area contributed by atoms with E-state index in [2.05, 4.69) is 0 Å². The highest BCUT2D eigenvalue weighted by atomic mass is 16.5. The van der Waals surface area contributed by atoms with Gasteiger partial charge < -0.3 is 9.84 Å². The van der Waals surface area contributed by atoms with Crippen LogP contribution < -0.4 is 0 Å². The molecule has 0 unspecified atom stereocenters. The van der Waals surface area contributed by atoms with Gasteiger partial charge in [0.1, 0.15) is 0 Å². The lowest BCUT2D eigenvalue weighted by molar-refractivity contribution is 0.150. The van der Waals surface area contributed by atoms with Gasteiger partial charge >= 0.3 is 0 Å². The highest BCUT2D eigenvalue weighted by Gasteiger charge is 2.13. The lowest BCUT2D eigenvalue weighted by Gasteiger charge is -2.07. The van der Waals surface area contributed by atoms with Crippen LogP contribution in [-0.2, 0) is 4.74 Å². The summed E-state index contributed by atoms with van der Waals surface area (Å²) < 4.78 is 5.49. The molecule has 0 aliphatic heterocycles. The van der Waals surface area contributed by atoms with Crippen LogP contribution in [0.15, 0.2) is 12.3 Å². The molecule has 0 heterocycles. The van der Waals surface area contributed by atoms with E-state index in [1.54, 1.807) is 6.26 Å². The number of aliphatic hydroxyl groups excluding tert-OH is 1. The molecule has 2 heteroatoms. The van der Waals surface area contributed by atoms with Crippen LogP contribution in [-0.4, -0.2) is 17.8 Å². The zero-order chi connectivity index (χ0) is 8.65. The summed E-state index contributed by atoms with van der Waals surface area (Å²) in [5, 5.41) is 8.50. The van der Waals surface area contributed by atoms with E-state index >= 15 is 0 Å². The van der Waals surface area contributed by atoms with Crippen LogP contribution in [0.2, 0.25) is 0 Å². The fourth-order valence-electron chi connectivity index (χ4n) is 1.47. The first-order valence-corrected chi connectivity index (χ1v) is 4.85. The number of hydrogen-bond donors (Lipinski definition) is 1. The Morgan fingerprint density at radius 2 is 2.08 bits per heavy atom. The van der Waals surface area contributed by atoms with E-state index in [-0.39, 0.29) is 6.61 Å². The van der Waals surface area contributed by atoms with Crippen LogP contribution in [0.1, 0.15) is 38.5 Å². The second-order valence-corrected chi connectivity index (χ2v) is 3.28. The van der Waals surface area contributed by atoms with E-state index in [0.717, 1.165) is 12.8 Å². The van der Waals surface area contributed by atoms with Gasteiger partial charge in [0.15, 0.2) is 0 Å². The molecule has 2 nitrogen and oxygen atoms in total. The number of hydrogen-bond acceptors (Lipinski definition) is 2. The van der Waals surface area contributed by atoms with Gasteiger partial charge in [-0.1, -0.05) is 0 Å². The molecule has 12 heavy (non-hydrogen) atoms. The summed E-state index contributed by atoms with van der Waals surface area (Å²) in [6, 6.07) is 0. The predicted molar refractivity (Wildman–Crippen MR) is 48.8 cm³/mol. The van der Waals surface area contributed by atoms with E-state index in [1.807, 2.05) is 6.08 Å². The van der Waals surface area contributed by atoms with Gasteiger partial charge in [-0.3, -0.25) is 0 Å². The van der Waals surface area contributed by atoms with Crippen molar-refractivity contribution >= 4 is 0 Å². The molecule has 1 aliphatic rings. The fraction of sp³-hybridized carbons (Fsp3) is 0.800. The number of unbranched alkanes of at least 4 members (excludes halogenated alkanes) is 1. The Kier molecular flexibility index (Phi) is 4.85. The summed E-state index contributed by atoms with van der Waals surface area (Å²) in [6.07, 6.45) is 11.1. The van der Waals surface area contributed by atoms with Crippen molar-refractivity contribution in [2.45, 2.75) is 44.6 Å². The highest BCUT2D eigenvalue weighted by molar-refractivity contribution is 4.76. The van der Waals surface area contributed by atoms with Crippen molar-refractivity contribution in [2.75, 3.05) is 6.61 Å². The third-order valence-electron chi connectivity index (χ3n) is 2.20.